The Bertz CT molecular complexity index is 522. The molecular formula is C16H22ClNO3. The van der Waals surface area contributed by atoms with E-state index in [1.54, 1.807) is 6.07 Å². The van der Waals surface area contributed by atoms with Crippen molar-refractivity contribution in [2.24, 2.45) is 11.8 Å². The molecule has 0 radical (unpaired) electrons. The smallest absolute Gasteiger partial charge is 0.342 e. The van der Waals surface area contributed by atoms with E-state index in [-0.39, 0.29) is 6.10 Å². The van der Waals surface area contributed by atoms with Crippen molar-refractivity contribution in [2.75, 3.05) is 12.8 Å². The Morgan fingerprint density at radius 2 is 1.86 bits per heavy atom. The zero-order valence-corrected chi connectivity index (χ0v) is 13.4. The van der Waals surface area contributed by atoms with Crippen molar-refractivity contribution in [1.82, 2.24) is 0 Å². The Balaban J connectivity index is 2.15. The molecule has 0 spiro atoms. The number of anilines is 1. The SMILES string of the molecule is COc1cc(N)c(Cl)cc1C(=O)OC1CC(C)CC(C)C1. The average Bonchev–Trinajstić information content (AvgIpc) is 2.40. The molecule has 1 aliphatic carbocycles. The van der Waals surface area contributed by atoms with E-state index >= 15 is 0 Å². The molecule has 2 N–H and O–H groups in total. The zero-order chi connectivity index (χ0) is 15.6. The lowest BCUT2D eigenvalue weighted by atomic mass is 9.82. The van der Waals surface area contributed by atoms with Gasteiger partial charge >= 0.3 is 5.97 Å². The Morgan fingerprint density at radius 1 is 1.24 bits per heavy atom. The highest BCUT2D eigenvalue weighted by Crippen LogP contribution is 2.33. The molecule has 1 aliphatic rings. The van der Waals surface area contributed by atoms with E-state index in [1.165, 1.54) is 19.6 Å². The number of benzene rings is 1. The van der Waals surface area contributed by atoms with Crippen LogP contribution in [0.15, 0.2) is 12.1 Å². The number of methoxy groups -OCH3 is 1. The van der Waals surface area contributed by atoms with E-state index in [9.17, 15) is 4.79 Å². The lowest BCUT2D eigenvalue weighted by Gasteiger charge is -2.31. The molecule has 1 aromatic rings. The summed E-state index contributed by atoms with van der Waals surface area (Å²) in [7, 11) is 1.49. The number of carbonyl (C=O) groups is 1. The van der Waals surface area contributed by atoms with Crippen molar-refractivity contribution < 1.29 is 14.3 Å². The molecule has 1 aromatic carbocycles. The monoisotopic (exact) mass is 311 g/mol. The van der Waals surface area contributed by atoms with Gasteiger partial charge in [0.05, 0.1) is 17.8 Å². The van der Waals surface area contributed by atoms with Crippen LogP contribution in [0.1, 0.15) is 43.5 Å². The second-order valence-electron chi connectivity index (χ2n) is 6.02. The molecule has 0 aliphatic heterocycles. The van der Waals surface area contributed by atoms with Crippen LogP contribution >= 0.6 is 11.6 Å². The molecule has 116 valence electrons. The molecule has 5 heteroatoms. The summed E-state index contributed by atoms with van der Waals surface area (Å²) in [5.41, 5.74) is 6.42. The summed E-state index contributed by atoms with van der Waals surface area (Å²) in [6.07, 6.45) is 2.95. The van der Waals surface area contributed by atoms with Gasteiger partial charge in [-0.05, 0) is 37.2 Å². The molecule has 0 aromatic heterocycles. The number of hydrogen-bond donors (Lipinski definition) is 1. The van der Waals surface area contributed by atoms with Gasteiger partial charge in [0, 0.05) is 6.07 Å². The minimum Gasteiger partial charge on any atom is -0.496 e. The summed E-state index contributed by atoms with van der Waals surface area (Å²) in [6, 6.07) is 3.05. The second kappa shape index (κ2) is 6.56. The Kier molecular flexibility index (Phi) is 4.99. The first kappa shape index (κ1) is 16.0. The van der Waals surface area contributed by atoms with Crippen LogP contribution in [0.4, 0.5) is 5.69 Å². The highest BCUT2D eigenvalue weighted by Gasteiger charge is 2.28. The summed E-state index contributed by atoms with van der Waals surface area (Å²) >= 11 is 5.99. The number of hydrogen-bond acceptors (Lipinski definition) is 4. The topological polar surface area (TPSA) is 61.5 Å². The highest BCUT2D eigenvalue weighted by molar-refractivity contribution is 6.33. The van der Waals surface area contributed by atoms with Crippen LogP contribution in [-0.2, 0) is 4.74 Å². The molecule has 0 saturated heterocycles. The molecule has 1 saturated carbocycles. The molecule has 21 heavy (non-hydrogen) atoms. The number of halogens is 1. The summed E-state index contributed by atoms with van der Waals surface area (Å²) in [5.74, 6) is 1.13. The third kappa shape index (κ3) is 3.82. The molecule has 2 atom stereocenters. The Labute approximate surface area is 130 Å². The first-order valence-electron chi connectivity index (χ1n) is 7.24. The maximum absolute atomic E-state index is 12.4. The van der Waals surface area contributed by atoms with E-state index in [2.05, 4.69) is 13.8 Å². The van der Waals surface area contributed by atoms with Crippen molar-refractivity contribution in [1.29, 1.82) is 0 Å². The van der Waals surface area contributed by atoms with Gasteiger partial charge in [0.2, 0.25) is 0 Å². The third-order valence-electron chi connectivity index (χ3n) is 3.95. The van der Waals surface area contributed by atoms with E-state index in [4.69, 9.17) is 26.8 Å². The maximum atomic E-state index is 12.4. The van der Waals surface area contributed by atoms with Crippen molar-refractivity contribution in [3.8, 4) is 5.75 Å². The van der Waals surface area contributed by atoms with Gasteiger partial charge in [-0.1, -0.05) is 25.4 Å². The minimum absolute atomic E-state index is 0.0442. The molecule has 2 unspecified atom stereocenters. The van der Waals surface area contributed by atoms with Gasteiger partial charge < -0.3 is 15.2 Å². The first-order chi connectivity index (χ1) is 9.90. The van der Waals surface area contributed by atoms with Crippen LogP contribution in [0.5, 0.6) is 5.75 Å². The van der Waals surface area contributed by atoms with E-state index in [0.717, 1.165) is 12.8 Å². The third-order valence-corrected chi connectivity index (χ3v) is 4.28. The number of rotatable bonds is 3. The van der Waals surface area contributed by atoms with Crippen molar-refractivity contribution in [3.05, 3.63) is 22.7 Å². The molecule has 0 bridgehead atoms. The molecule has 2 rings (SSSR count). The molecular weight excluding hydrogens is 290 g/mol. The highest BCUT2D eigenvalue weighted by atomic mass is 35.5. The summed E-state index contributed by atoms with van der Waals surface area (Å²) < 4.78 is 10.8. The quantitative estimate of drug-likeness (QED) is 0.679. The summed E-state index contributed by atoms with van der Waals surface area (Å²) in [6.45, 7) is 4.38. The fourth-order valence-corrected chi connectivity index (χ4v) is 3.25. The first-order valence-corrected chi connectivity index (χ1v) is 7.62. The van der Waals surface area contributed by atoms with E-state index in [1.807, 2.05) is 0 Å². The van der Waals surface area contributed by atoms with Gasteiger partial charge in [-0.3, -0.25) is 0 Å². The van der Waals surface area contributed by atoms with Crippen LogP contribution in [0, 0.1) is 11.8 Å². The van der Waals surface area contributed by atoms with Gasteiger partial charge in [-0.25, -0.2) is 4.79 Å². The summed E-state index contributed by atoms with van der Waals surface area (Å²) in [5, 5.41) is 0.327. The lowest BCUT2D eigenvalue weighted by molar-refractivity contribution is 0.00779. The van der Waals surface area contributed by atoms with Crippen molar-refractivity contribution in [3.63, 3.8) is 0 Å². The van der Waals surface area contributed by atoms with Crippen LogP contribution < -0.4 is 10.5 Å². The predicted molar refractivity (Wildman–Crippen MR) is 83.8 cm³/mol. The van der Waals surface area contributed by atoms with Gasteiger partial charge in [0.25, 0.3) is 0 Å². The fraction of sp³-hybridized carbons (Fsp3) is 0.562. The van der Waals surface area contributed by atoms with Crippen LogP contribution in [-0.4, -0.2) is 19.2 Å². The second-order valence-corrected chi connectivity index (χ2v) is 6.43. The lowest BCUT2D eigenvalue weighted by Crippen LogP contribution is -2.28. The van der Waals surface area contributed by atoms with Crippen LogP contribution in [0.3, 0.4) is 0 Å². The molecule has 0 heterocycles. The maximum Gasteiger partial charge on any atom is 0.342 e. The predicted octanol–water partition coefficient (Wildman–Crippen LogP) is 3.91. The van der Waals surface area contributed by atoms with Crippen LogP contribution in [0.25, 0.3) is 0 Å². The number of nitrogen functional groups attached to an aromatic ring is 1. The van der Waals surface area contributed by atoms with Crippen molar-refractivity contribution in [2.45, 2.75) is 39.2 Å². The largest absolute Gasteiger partial charge is 0.496 e. The standard InChI is InChI=1S/C16H22ClNO3/c1-9-4-10(2)6-11(5-9)21-16(19)12-7-13(17)14(18)8-15(12)20-3/h7-11H,4-6,18H2,1-3H3. The molecule has 4 nitrogen and oxygen atoms in total. The molecule has 1 fully saturated rings. The van der Waals surface area contributed by atoms with Gasteiger partial charge in [0.15, 0.2) is 0 Å². The van der Waals surface area contributed by atoms with E-state index in [0.29, 0.717) is 33.9 Å². The minimum atomic E-state index is -0.403. The number of nitrogens with two attached hydrogens (primary N) is 1. The Hall–Kier alpha value is -1.42. The van der Waals surface area contributed by atoms with Gasteiger partial charge in [-0.2, -0.15) is 0 Å². The van der Waals surface area contributed by atoms with Gasteiger partial charge in [0.1, 0.15) is 17.4 Å². The van der Waals surface area contributed by atoms with Crippen LogP contribution in [0.2, 0.25) is 5.02 Å². The van der Waals surface area contributed by atoms with Gasteiger partial charge in [-0.15, -0.1) is 0 Å². The zero-order valence-electron chi connectivity index (χ0n) is 12.7. The summed E-state index contributed by atoms with van der Waals surface area (Å²) in [4.78, 5) is 12.4. The van der Waals surface area contributed by atoms with Crippen molar-refractivity contribution >= 4 is 23.3 Å². The normalized spacial score (nSPS) is 25.4. The fourth-order valence-electron chi connectivity index (χ4n) is 3.08. The van der Waals surface area contributed by atoms with E-state index < -0.39 is 5.97 Å². The number of carbonyl (C=O) groups excluding carboxylic acids is 1. The Morgan fingerprint density at radius 3 is 2.43 bits per heavy atom. The molecule has 0 amide bonds. The number of esters is 1. The average molecular weight is 312 g/mol. The number of ether oxygens (including phenoxy) is 2.